The zero-order valence-electron chi connectivity index (χ0n) is 8.74. The van der Waals surface area contributed by atoms with E-state index in [1.807, 2.05) is 6.92 Å². The van der Waals surface area contributed by atoms with Crippen molar-refractivity contribution >= 4 is 5.97 Å². The fraction of sp³-hybridized carbons (Fsp3) is 0.364. The van der Waals surface area contributed by atoms with Crippen LogP contribution in [0, 0.1) is 6.92 Å². The highest BCUT2D eigenvalue weighted by atomic mass is 16.4. The number of benzene rings is 1. The van der Waals surface area contributed by atoms with Crippen LogP contribution in [0.3, 0.4) is 0 Å². The molecule has 0 heterocycles. The van der Waals surface area contributed by atoms with Gasteiger partial charge in [0.05, 0.1) is 5.56 Å². The molecule has 3 N–H and O–H groups in total. The Hall–Kier alpha value is -1.71. The van der Waals surface area contributed by atoms with E-state index < -0.39 is 5.97 Å². The molecule has 82 valence electrons. The second kappa shape index (κ2) is 4.21. The molecule has 0 radical (unpaired) electrons. The molecule has 0 amide bonds. The van der Waals surface area contributed by atoms with Gasteiger partial charge in [-0.15, -0.1) is 0 Å². The largest absolute Gasteiger partial charge is 0.508 e. The molecule has 0 aliphatic heterocycles. The molecule has 1 rings (SSSR count). The van der Waals surface area contributed by atoms with Crippen LogP contribution in [0.4, 0.5) is 0 Å². The minimum Gasteiger partial charge on any atom is -0.508 e. The number of carboxylic acid groups (broad SMARTS) is 1. The Labute approximate surface area is 87.8 Å². The maximum Gasteiger partial charge on any atom is 0.336 e. The van der Waals surface area contributed by atoms with E-state index in [0.29, 0.717) is 17.5 Å². The first-order valence-electron chi connectivity index (χ1n) is 4.76. The van der Waals surface area contributed by atoms with Gasteiger partial charge in [0.2, 0.25) is 0 Å². The quantitative estimate of drug-likeness (QED) is 0.713. The topological polar surface area (TPSA) is 77.8 Å². The third-order valence-corrected chi connectivity index (χ3v) is 2.36. The molecule has 0 aliphatic rings. The van der Waals surface area contributed by atoms with Gasteiger partial charge in [-0.1, -0.05) is 13.3 Å². The van der Waals surface area contributed by atoms with Gasteiger partial charge in [0.1, 0.15) is 11.5 Å². The molecule has 0 unspecified atom stereocenters. The number of hydrogen-bond acceptors (Lipinski definition) is 3. The lowest BCUT2D eigenvalue weighted by Crippen LogP contribution is -2.06. The average molecular weight is 210 g/mol. The summed E-state index contributed by atoms with van der Waals surface area (Å²) >= 11 is 0. The first kappa shape index (κ1) is 11.4. The van der Waals surface area contributed by atoms with Crippen LogP contribution in [0.2, 0.25) is 0 Å². The molecule has 0 atom stereocenters. The Morgan fingerprint density at radius 1 is 1.33 bits per heavy atom. The summed E-state index contributed by atoms with van der Waals surface area (Å²) in [5, 5.41) is 28.0. The van der Waals surface area contributed by atoms with E-state index >= 15 is 0 Å². The highest BCUT2D eigenvalue weighted by molar-refractivity contribution is 5.93. The van der Waals surface area contributed by atoms with Crippen LogP contribution < -0.4 is 0 Å². The maximum absolute atomic E-state index is 11.0. The standard InChI is InChI=1S/C11H14O4/c1-3-4-7-9(13)5-8(12)6(2)10(7)11(14)15/h5,12-13H,3-4H2,1-2H3,(H,14,15). The summed E-state index contributed by atoms with van der Waals surface area (Å²) in [6, 6.07) is 1.19. The van der Waals surface area contributed by atoms with Gasteiger partial charge in [-0.25, -0.2) is 4.79 Å². The van der Waals surface area contributed by atoms with E-state index in [1.54, 1.807) is 0 Å². The third-order valence-electron chi connectivity index (χ3n) is 2.36. The number of rotatable bonds is 3. The van der Waals surface area contributed by atoms with Crippen LogP contribution in [0.25, 0.3) is 0 Å². The summed E-state index contributed by atoms with van der Waals surface area (Å²) in [5.74, 6) is -1.47. The van der Waals surface area contributed by atoms with Gasteiger partial charge in [-0.2, -0.15) is 0 Å². The van der Waals surface area contributed by atoms with Gasteiger partial charge >= 0.3 is 5.97 Å². The molecule has 0 aliphatic carbocycles. The predicted octanol–water partition coefficient (Wildman–Crippen LogP) is 2.06. The molecule has 1 aromatic carbocycles. The van der Waals surface area contributed by atoms with Crippen molar-refractivity contribution in [2.75, 3.05) is 0 Å². The Bertz CT molecular complexity index is 396. The summed E-state index contributed by atoms with van der Waals surface area (Å²) in [5.41, 5.74) is 0.693. The summed E-state index contributed by atoms with van der Waals surface area (Å²) < 4.78 is 0. The molecule has 4 heteroatoms. The van der Waals surface area contributed by atoms with E-state index in [2.05, 4.69) is 0 Å². The van der Waals surface area contributed by atoms with Crippen LogP contribution in [0.1, 0.15) is 34.8 Å². The van der Waals surface area contributed by atoms with Crippen molar-refractivity contribution in [1.29, 1.82) is 0 Å². The normalized spacial score (nSPS) is 10.3. The van der Waals surface area contributed by atoms with E-state index in [9.17, 15) is 15.0 Å². The molecule has 0 fully saturated rings. The molecule has 4 nitrogen and oxygen atoms in total. The lowest BCUT2D eigenvalue weighted by atomic mass is 9.97. The van der Waals surface area contributed by atoms with Crippen molar-refractivity contribution in [3.05, 3.63) is 22.8 Å². The minimum atomic E-state index is -1.12. The predicted molar refractivity (Wildman–Crippen MR) is 55.5 cm³/mol. The fourth-order valence-electron chi connectivity index (χ4n) is 1.60. The van der Waals surface area contributed by atoms with Crippen LogP contribution in [-0.4, -0.2) is 21.3 Å². The average Bonchev–Trinajstić information content (AvgIpc) is 2.14. The maximum atomic E-state index is 11.0. The second-order valence-electron chi connectivity index (χ2n) is 3.45. The smallest absolute Gasteiger partial charge is 0.336 e. The molecule has 0 saturated carbocycles. The number of carboxylic acids is 1. The molecular formula is C11H14O4. The third kappa shape index (κ3) is 2.03. The van der Waals surface area contributed by atoms with E-state index in [4.69, 9.17) is 5.11 Å². The summed E-state index contributed by atoms with van der Waals surface area (Å²) in [6.07, 6.45) is 1.21. The molecular weight excluding hydrogens is 196 g/mol. The summed E-state index contributed by atoms with van der Waals surface area (Å²) in [6.45, 7) is 3.42. The van der Waals surface area contributed by atoms with Gasteiger partial charge in [0, 0.05) is 17.2 Å². The Morgan fingerprint density at radius 2 is 1.93 bits per heavy atom. The first-order chi connectivity index (χ1) is 6.99. The van der Waals surface area contributed by atoms with Crippen LogP contribution >= 0.6 is 0 Å². The van der Waals surface area contributed by atoms with Gasteiger partial charge < -0.3 is 15.3 Å². The monoisotopic (exact) mass is 210 g/mol. The van der Waals surface area contributed by atoms with Crippen LogP contribution in [-0.2, 0) is 6.42 Å². The SMILES string of the molecule is CCCc1c(O)cc(O)c(C)c1C(=O)O. The van der Waals surface area contributed by atoms with Gasteiger partial charge in [0.15, 0.2) is 0 Å². The molecule has 0 bridgehead atoms. The first-order valence-corrected chi connectivity index (χ1v) is 4.76. The van der Waals surface area contributed by atoms with Gasteiger partial charge in [-0.05, 0) is 13.3 Å². The lowest BCUT2D eigenvalue weighted by Gasteiger charge is -2.11. The summed E-state index contributed by atoms with van der Waals surface area (Å²) in [7, 11) is 0. The highest BCUT2D eigenvalue weighted by Gasteiger charge is 2.19. The minimum absolute atomic E-state index is 0.00866. The van der Waals surface area contributed by atoms with E-state index in [1.165, 1.54) is 13.0 Å². The van der Waals surface area contributed by atoms with E-state index in [-0.39, 0.29) is 17.1 Å². The van der Waals surface area contributed by atoms with Crippen molar-refractivity contribution < 1.29 is 20.1 Å². The highest BCUT2D eigenvalue weighted by Crippen LogP contribution is 2.32. The number of aromatic carboxylic acids is 1. The second-order valence-corrected chi connectivity index (χ2v) is 3.45. The summed E-state index contributed by atoms with van der Waals surface area (Å²) in [4.78, 5) is 11.0. The molecule has 0 aromatic heterocycles. The van der Waals surface area contributed by atoms with Gasteiger partial charge in [0.25, 0.3) is 0 Å². The number of phenolic OH excluding ortho intramolecular Hbond substituents is 2. The molecule has 0 saturated heterocycles. The van der Waals surface area contributed by atoms with Crippen molar-refractivity contribution in [2.45, 2.75) is 26.7 Å². The zero-order chi connectivity index (χ0) is 11.6. The van der Waals surface area contributed by atoms with Crippen LogP contribution in [0.5, 0.6) is 11.5 Å². The van der Waals surface area contributed by atoms with Crippen molar-refractivity contribution in [1.82, 2.24) is 0 Å². The number of aromatic hydroxyl groups is 2. The Kier molecular flexibility index (Phi) is 3.19. The number of phenols is 2. The van der Waals surface area contributed by atoms with Crippen molar-refractivity contribution in [3.8, 4) is 11.5 Å². The molecule has 1 aromatic rings. The number of carbonyl (C=O) groups is 1. The van der Waals surface area contributed by atoms with E-state index in [0.717, 1.165) is 6.42 Å². The van der Waals surface area contributed by atoms with Gasteiger partial charge in [-0.3, -0.25) is 0 Å². The Balaban J connectivity index is 3.47. The fourth-order valence-corrected chi connectivity index (χ4v) is 1.60. The Morgan fingerprint density at radius 3 is 2.40 bits per heavy atom. The van der Waals surface area contributed by atoms with Crippen molar-refractivity contribution in [2.24, 2.45) is 0 Å². The zero-order valence-corrected chi connectivity index (χ0v) is 8.74. The lowest BCUT2D eigenvalue weighted by molar-refractivity contribution is 0.0693. The van der Waals surface area contributed by atoms with Crippen LogP contribution in [0.15, 0.2) is 6.07 Å². The number of hydrogen-bond donors (Lipinski definition) is 3. The molecule has 15 heavy (non-hydrogen) atoms. The van der Waals surface area contributed by atoms with Crippen molar-refractivity contribution in [3.63, 3.8) is 0 Å². The molecule has 0 spiro atoms.